The molecule has 1 aromatic heterocycles. The van der Waals surface area contributed by atoms with Crippen molar-refractivity contribution in [3.63, 3.8) is 0 Å². The lowest BCUT2D eigenvalue weighted by Gasteiger charge is -2.09. The molecule has 1 aliphatic rings. The number of anilines is 1. The van der Waals surface area contributed by atoms with Gasteiger partial charge in [-0.1, -0.05) is 13.8 Å². The minimum atomic E-state index is 0.470. The van der Waals surface area contributed by atoms with Gasteiger partial charge in [-0.25, -0.2) is 9.97 Å². The normalized spacial score (nSPS) is 15.7. The monoisotopic (exact) mass is 205 g/mol. The van der Waals surface area contributed by atoms with Crippen molar-refractivity contribution in [3.8, 4) is 0 Å². The molecule has 1 aromatic rings. The average Bonchev–Trinajstić information content (AvgIpc) is 3.01. The van der Waals surface area contributed by atoms with E-state index in [-0.39, 0.29) is 0 Å². The zero-order valence-corrected chi connectivity index (χ0v) is 9.75. The van der Waals surface area contributed by atoms with Crippen LogP contribution in [0.1, 0.15) is 44.1 Å². The standard InChI is InChI=1S/C12H19N3/c1-8(2)10-7-11(13-3)15-12(14-10)6-9-4-5-9/h7-9H,4-6H2,1-3H3,(H,13,14,15). The van der Waals surface area contributed by atoms with E-state index in [0.29, 0.717) is 5.92 Å². The fourth-order valence-corrected chi connectivity index (χ4v) is 1.61. The van der Waals surface area contributed by atoms with E-state index in [2.05, 4.69) is 29.1 Å². The Morgan fingerprint density at radius 2 is 2.13 bits per heavy atom. The Kier molecular flexibility index (Phi) is 2.89. The van der Waals surface area contributed by atoms with E-state index in [0.717, 1.165) is 29.7 Å². The van der Waals surface area contributed by atoms with Gasteiger partial charge in [-0.05, 0) is 24.7 Å². The summed E-state index contributed by atoms with van der Waals surface area (Å²) in [5, 5.41) is 3.11. The molecule has 0 unspecified atom stereocenters. The molecule has 2 rings (SSSR count). The van der Waals surface area contributed by atoms with Crippen molar-refractivity contribution in [3.05, 3.63) is 17.6 Å². The van der Waals surface area contributed by atoms with Gasteiger partial charge in [0.2, 0.25) is 0 Å². The number of hydrogen-bond donors (Lipinski definition) is 1. The van der Waals surface area contributed by atoms with Crippen LogP contribution in [0.4, 0.5) is 5.82 Å². The van der Waals surface area contributed by atoms with Crippen molar-refractivity contribution in [1.82, 2.24) is 9.97 Å². The van der Waals surface area contributed by atoms with E-state index in [1.165, 1.54) is 12.8 Å². The van der Waals surface area contributed by atoms with E-state index in [9.17, 15) is 0 Å². The lowest BCUT2D eigenvalue weighted by molar-refractivity contribution is 0.734. The van der Waals surface area contributed by atoms with Gasteiger partial charge in [0.25, 0.3) is 0 Å². The van der Waals surface area contributed by atoms with Crippen LogP contribution in [0.5, 0.6) is 0 Å². The van der Waals surface area contributed by atoms with Gasteiger partial charge in [0, 0.05) is 25.2 Å². The molecule has 0 atom stereocenters. The SMILES string of the molecule is CNc1cc(C(C)C)nc(CC2CC2)n1. The van der Waals surface area contributed by atoms with Gasteiger partial charge in [0.1, 0.15) is 11.6 Å². The molecule has 82 valence electrons. The van der Waals surface area contributed by atoms with Crippen molar-refractivity contribution in [1.29, 1.82) is 0 Å². The third kappa shape index (κ3) is 2.67. The van der Waals surface area contributed by atoms with Crippen LogP contribution >= 0.6 is 0 Å². The molecule has 1 N–H and O–H groups in total. The first kappa shape index (κ1) is 10.4. The Labute approximate surface area is 91.3 Å². The first-order valence-corrected chi connectivity index (χ1v) is 5.74. The Bertz CT molecular complexity index is 343. The quantitative estimate of drug-likeness (QED) is 0.821. The molecule has 0 aromatic carbocycles. The Hall–Kier alpha value is -1.12. The highest BCUT2D eigenvalue weighted by Gasteiger charge is 2.23. The highest BCUT2D eigenvalue weighted by Crippen LogP contribution is 2.32. The summed E-state index contributed by atoms with van der Waals surface area (Å²) in [4.78, 5) is 9.10. The van der Waals surface area contributed by atoms with Crippen molar-refractivity contribution >= 4 is 5.82 Å². The minimum absolute atomic E-state index is 0.470. The van der Waals surface area contributed by atoms with Crippen molar-refractivity contribution in [2.45, 2.75) is 39.0 Å². The molecular weight excluding hydrogens is 186 g/mol. The van der Waals surface area contributed by atoms with Gasteiger partial charge >= 0.3 is 0 Å². The Morgan fingerprint density at radius 1 is 1.40 bits per heavy atom. The number of hydrogen-bond acceptors (Lipinski definition) is 3. The molecule has 1 fully saturated rings. The maximum atomic E-state index is 4.61. The van der Waals surface area contributed by atoms with Gasteiger partial charge in [0.15, 0.2) is 0 Å². The van der Waals surface area contributed by atoms with Crippen LogP contribution in [-0.2, 0) is 6.42 Å². The summed E-state index contributed by atoms with van der Waals surface area (Å²) in [6.07, 6.45) is 3.75. The molecule has 1 aliphatic carbocycles. The number of rotatable bonds is 4. The summed E-state index contributed by atoms with van der Waals surface area (Å²) >= 11 is 0. The Balaban J connectivity index is 2.23. The molecule has 0 amide bonds. The summed E-state index contributed by atoms with van der Waals surface area (Å²) in [7, 11) is 1.91. The van der Waals surface area contributed by atoms with Crippen LogP contribution in [-0.4, -0.2) is 17.0 Å². The summed E-state index contributed by atoms with van der Waals surface area (Å²) in [6, 6.07) is 2.04. The average molecular weight is 205 g/mol. The molecule has 15 heavy (non-hydrogen) atoms. The summed E-state index contributed by atoms with van der Waals surface area (Å²) in [6.45, 7) is 4.34. The van der Waals surface area contributed by atoms with Gasteiger partial charge in [-0.3, -0.25) is 0 Å². The van der Waals surface area contributed by atoms with E-state index in [4.69, 9.17) is 0 Å². The van der Waals surface area contributed by atoms with Crippen LogP contribution < -0.4 is 5.32 Å². The molecule has 0 spiro atoms. The zero-order valence-electron chi connectivity index (χ0n) is 9.75. The predicted octanol–water partition coefficient (Wildman–Crippen LogP) is 2.59. The second-order valence-corrected chi connectivity index (χ2v) is 4.65. The Morgan fingerprint density at radius 3 is 2.67 bits per heavy atom. The second kappa shape index (κ2) is 4.17. The van der Waals surface area contributed by atoms with Gasteiger partial charge in [-0.2, -0.15) is 0 Å². The molecule has 0 bridgehead atoms. The summed E-state index contributed by atoms with van der Waals surface area (Å²) in [5.74, 6) is 3.27. The maximum absolute atomic E-state index is 4.61. The van der Waals surface area contributed by atoms with E-state index < -0.39 is 0 Å². The molecule has 3 heteroatoms. The van der Waals surface area contributed by atoms with Crippen LogP contribution in [0.3, 0.4) is 0 Å². The highest BCUT2D eigenvalue weighted by atomic mass is 15.0. The number of nitrogens with zero attached hydrogens (tertiary/aromatic N) is 2. The van der Waals surface area contributed by atoms with Crippen LogP contribution in [0.25, 0.3) is 0 Å². The topological polar surface area (TPSA) is 37.8 Å². The first-order valence-electron chi connectivity index (χ1n) is 5.74. The highest BCUT2D eigenvalue weighted by molar-refractivity contribution is 5.36. The molecule has 0 saturated heterocycles. The van der Waals surface area contributed by atoms with E-state index in [1.54, 1.807) is 0 Å². The smallest absolute Gasteiger partial charge is 0.131 e. The molecular formula is C12H19N3. The van der Waals surface area contributed by atoms with Crippen LogP contribution in [0.15, 0.2) is 6.07 Å². The van der Waals surface area contributed by atoms with Gasteiger partial charge < -0.3 is 5.32 Å². The van der Waals surface area contributed by atoms with Crippen molar-refractivity contribution in [2.24, 2.45) is 5.92 Å². The second-order valence-electron chi connectivity index (χ2n) is 4.65. The molecule has 1 heterocycles. The minimum Gasteiger partial charge on any atom is -0.373 e. The lowest BCUT2D eigenvalue weighted by atomic mass is 10.1. The number of nitrogens with one attached hydrogen (secondary N) is 1. The third-order valence-electron chi connectivity index (χ3n) is 2.81. The third-order valence-corrected chi connectivity index (χ3v) is 2.81. The first-order chi connectivity index (χ1) is 7.19. The summed E-state index contributed by atoms with van der Waals surface area (Å²) < 4.78 is 0. The van der Waals surface area contributed by atoms with Gasteiger partial charge in [-0.15, -0.1) is 0 Å². The fourth-order valence-electron chi connectivity index (χ4n) is 1.61. The number of aromatic nitrogens is 2. The molecule has 0 radical (unpaired) electrons. The molecule has 0 aliphatic heterocycles. The van der Waals surface area contributed by atoms with Crippen molar-refractivity contribution in [2.75, 3.05) is 12.4 Å². The molecule has 1 saturated carbocycles. The lowest BCUT2D eigenvalue weighted by Crippen LogP contribution is -2.05. The van der Waals surface area contributed by atoms with E-state index >= 15 is 0 Å². The summed E-state index contributed by atoms with van der Waals surface area (Å²) in [5.41, 5.74) is 1.14. The van der Waals surface area contributed by atoms with Gasteiger partial charge in [0.05, 0.1) is 0 Å². The van der Waals surface area contributed by atoms with Crippen LogP contribution in [0.2, 0.25) is 0 Å². The van der Waals surface area contributed by atoms with E-state index in [1.807, 2.05) is 13.1 Å². The predicted molar refractivity (Wildman–Crippen MR) is 62.1 cm³/mol. The van der Waals surface area contributed by atoms with Crippen LogP contribution in [0, 0.1) is 5.92 Å². The van der Waals surface area contributed by atoms with Crippen molar-refractivity contribution < 1.29 is 0 Å². The largest absolute Gasteiger partial charge is 0.373 e. The molecule has 3 nitrogen and oxygen atoms in total. The fraction of sp³-hybridized carbons (Fsp3) is 0.667. The zero-order chi connectivity index (χ0) is 10.8. The maximum Gasteiger partial charge on any atom is 0.131 e.